The summed E-state index contributed by atoms with van der Waals surface area (Å²) in [6, 6.07) is 7.96. The first kappa shape index (κ1) is 12.2. The van der Waals surface area contributed by atoms with Gasteiger partial charge in [0.1, 0.15) is 0 Å². The third-order valence-corrected chi connectivity index (χ3v) is 2.34. The summed E-state index contributed by atoms with van der Waals surface area (Å²) in [4.78, 5) is 15.3. The van der Waals surface area contributed by atoms with E-state index in [0.29, 0.717) is 6.54 Å². The number of amides is 1. The molecular formula is C13H16N2O. The van der Waals surface area contributed by atoms with Crippen LogP contribution in [0.25, 0.3) is 0 Å². The highest BCUT2D eigenvalue weighted by Crippen LogP contribution is 2.08. The van der Waals surface area contributed by atoms with E-state index in [1.165, 1.54) is 6.08 Å². The van der Waals surface area contributed by atoms with Crippen molar-refractivity contribution in [3.05, 3.63) is 48.0 Å². The van der Waals surface area contributed by atoms with Crippen molar-refractivity contribution in [2.45, 2.75) is 6.92 Å². The van der Waals surface area contributed by atoms with Crippen LogP contribution >= 0.6 is 0 Å². The fraction of sp³-hybridized carbons (Fsp3) is 0.231. The van der Waals surface area contributed by atoms with E-state index in [0.717, 1.165) is 16.8 Å². The van der Waals surface area contributed by atoms with E-state index in [4.69, 9.17) is 0 Å². The molecule has 3 heteroatoms. The number of rotatable bonds is 4. The quantitative estimate of drug-likeness (QED) is 0.604. The maximum absolute atomic E-state index is 11.1. The molecule has 0 saturated heterocycles. The van der Waals surface area contributed by atoms with Crippen molar-refractivity contribution in [2.75, 3.05) is 13.6 Å². The third kappa shape index (κ3) is 3.05. The SMILES string of the molecule is C=CC(=O)NCC(=NC)c1ccccc1C. The topological polar surface area (TPSA) is 41.5 Å². The maximum Gasteiger partial charge on any atom is 0.243 e. The Kier molecular flexibility index (Phi) is 4.45. The predicted octanol–water partition coefficient (Wildman–Crippen LogP) is 1.72. The first-order valence-electron chi connectivity index (χ1n) is 5.11. The van der Waals surface area contributed by atoms with Gasteiger partial charge in [0.2, 0.25) is 5.91 Å². The lowest BCUT2D eigenvalue weighted by Gasteiger charge is -2.09. The molecule has 0 aliphatic heterocycles. The molecule has 84 valence electrons. The Bertz CT molecular complexity index is 422. The Morgan fingerprint density at radius 3 is 2.75 bits per heavy atom. The zero-order valence-electron chi connectivity index (χ0n) is 9.66. The minimum atomic E-state index is -0.185. The van der Waals surface area contributed by atoms with E-state index in [-0.39, 0.29) is 5.91 Å². The van der Waals surface area contributed by atoms with Gasteiger partial charge in [-0.05, 0) is 18.6 Å². The molecule has 0 spiro atoms. The van der Waals surface area contributed by atoms with Crippen LogP contribution in [0.5, 0.6) is 0 Å². The molecule has 0 saturated carbocycles. The van der Waals surface area contributed by atoms with Gasteiger partial charge in [0.15, 0.2) is 0 Å². The van der Waals surface area contributed by atoms with Crippen LogP contribution in [0, 0.1) is 6.92 Å². The molecule has 0 aromatic heterocycles. The summed E-state index contributed by atoms with van der Waals surface area (Å²) in [7, 11) is 1.72. The number of carbonyl (C=O) groups is 1. The molecule has 1 aromatic carbocycles. The van der Waals surface area contributed by atoms with Crippen molar-refractivity contribution < 1.29 is 4.79 Å². The Balaban J connectivity index is 2.80. The summed E-state index contributed by atoms with van der Waals surface area (Å²) in [6.07, 6.45) is 1.26. The summed E-state index contributed by atoms with van der Waals surface area (Å²) in [5.74, 6) is -0.185. The Labute approximate surface area is 95.9 Å². The van der Waals surface area contributed by atoms with Crippen LogP contribution in [-0.4, -0.2) is 25.2 Å². The second kappa shape index (κ2) is 5.85. The Morgan fingerprint density at radius 2 is 2.19 bits per heavy atom. The lowest BCUT2D eigenvalue weighted by Crippen LogP contribution is -2.28. The van der Waals surface area contributed by atoms with Crippen LogP contribution in [0.4, 0.5) is 0 Å². The average molecular weight is 216 g/mol. The highest BCUT2D eigenvalue weighted by molar-refractivity contribution is 6.05. The van der Waals surface area contributed by atoms with Gasteiger partial charge in [0.25, 0.3) is 0 Å². The van der Waals surface area contributed by atoms with Gasteiger partial charge in [-0.1, -0.05) is 30.8 Å². The van der Waals surface area contributed by atoms with Gasteiger partial charge in [0, 0.05) is 12.6 Å². The lowest BCUT2D eigenvalue weighted by atomic mass is 10.0. The lowest BCUT2D eigenvalue weighted by molar-refractivity contribution is -0.116. The van der Waals surface area contributed by atoms with Gasteiger partial charge in [-0.3, -0.25) is 9.79 Å². The minimum Gasteiger partial charge on any atom is -0.347 e. The molecule has 0 atom stereocenters. The maximum atomic E-state index is 11.1. The first-order valence-corrected chi connectivity index (χ1v) is 5.11. The summed E-state index contributed by atoms with van der Waals surface area (Å²) in [5, 5.41) is 2.72. The van der Waals surface area contributed by atoms with E-state index >= 15 is 0 Å². The molecule has 0 bridgehead atoms. The average Bonchev–Trinajstić information content (AvgIpc) is 2.31. The molecule has 0 heterocycles. The zero-order chi connectivity index (χ0) is 12.0. The molecule has 1 rings (SSSR count). The Hall–Kier alpha value is -1.90. The molecule has 0 aliphatic carbocycles. The molecule has 3 nitrogen and oxygen atoms in total. The molecule has 1 N–H and O–H groups in total. The van der Waals surface area contributed by atoms with E-state index in [1.807, 2.05) is 31.2 Å². The van der Waals surface area contributed by atoms with Gasteiger partial charge < -0.3 is 5.32 Å². The van der Waals surface area contributed by atoms with E-state index in [2.05, 4.69) is 16.9 Å². The molecule has 1 aromatic rings. The zero-order valence-corrected chi connectivity index (χ0v) is 9.66. The van der Waals surface area contributed by atoms with Crippen molar-refractivity contribution >= 4 is 11.6 Å². The highest BCUT2D eigenvalue weighted by Gasteiger charge is 2.06. The first-order chi connectivity index (χ1) is 7.69. The van der Waals surface area contributed by atoms with Crippen molar-refractivity contribution in [2.24, 2.45) is 4.99 Å². The highest BCUT2D eigenvalue weighted by atomic mass is 16.1. The van der Waals surface area contributed by atoms with Crippen molar-refractivity contribution in [3.8, 4) is 0 Å². The fourth-order valence-electron chi connectivity index (χ4n) is 1.43. The molecule has 0 radical (unpaired) electrons. The minimum absolute atomic E-state index is 0.185. The normalized spacial score (nSPS) is 11.0. The number of carbonyl (C=O) groups excluding carboxylic acids is 1. The van der Waals surface area contributed by atoms with Gasteiger partial charge in [-0.25, -0.2) is 0 Å². The van der Waals surface area contributed by atoms with E-state index < -0.39 is 0 Å². The van der Waals surface area contributed by atoms with Crippen molar-refractivity contribution in [3.63, 3.8) is 0 Å². The third-order valence-electron chi connectivity index (χ3n) is 2.34. The Morgan fingerprint density at radius 1 is 1.50 bits per heavy atom. The molecule has 0 unspecified atom stereocenters. The number of aryl methyl sites for hydroxylation is 1. The number of benzene rings is 1. The molecule has 1 amide bonds. The molecule has 16 heavy (non-hydrogen) atoms. The summed E-state index contributed by atoms with van der Waals surface area (Å²) in [5.41, 5.74) is 3.08. The van der Waals surface area contributed by atoms with E-state index in [1.54, 1.807) is 7.05 Å². The number of aliphatic imine (C=N–C) groups is 1. The van der Waals surface area contributed by atoms with Crippen LogP contribution < -0.4 is 5.32 Å². The van der Waals surface area contributed by atoms with Crippen LogP contribution in [0.3, 0.4) is 0 Å². The summed E-state index contributed by atoms with van der Waals surface area (Å²) < 4.78 is 0. The largest absolute Gasteiger partial charge is 0.347 e. The summed E-state index contributed by atoms with van der Waals surface area (Å²) in [6.45, 7) is 5.85. The fourth-order valence-corrected chi connectivity index (χ4v) is 1.43. The van der Waals surface area contributed by atoms with Crippen molar-refractivity contribution in [1.29, 1.82) is 0 Å². The van der Waals surface area contributed by atoms with Crippen LogP contribution in [0.15, 0.2) is 41.9 Å². The molecule has 0 aliphatic rings. The van der Waals surface area contributed by atoms with Gasteiger partial charge >= 0.3 is 0 Å². The second-order valence-corrected chi connectivity index (χ2v) is 3.41. The van der Waals surface area contributed by atoms with E-state index in [9.17, 15) is 4.79 Å². The van der Waals surface area contributed by atoms with Crippen LogP contribution in [0.1, 0.15) is 11.1 Å². The van der Waals surface area contributed by atoms with Crippen LogP contribution in [-0.2, 0) is 4.79 Å². The monoisotopic (exact) mass is 216 g/mol. The number of nitrogens with one attached hydrogen (secondary N) is 1. The van der Waals surface area contributed by atoms with Gasteiger partial charge in [-0.15, -0.1) is 0 Å². The molecular weight excluding hydrogens is 200 g/mol. The standard InChI is InChI=1S/C13H16N2O/c1-4-13(16)15-9-12(14-3)11-8-6-5-7-10(11)2/h4-8H,1,9H2,2-3H3,(H,15,16). The number of hydrogen-bond donors (Lipinski definition) is 1. The van der Waals surface area contributed by atoms with Gasteiger partial charge in [-0.2, -0.15) is 0 Å². The predicted molar refractivity (Wildman–Crippen MR) is 66.8 cm³/mol. The second-order valence-electron chi connectivity index (χ2n) is 3.41. The van der Waals surface area contributed by atoms with Crippen molar-refractivity contribution in [1.82, 2.24) is 5.32 Å². The number of hydrogen-bond acceptors (Lipinski definition) is 2. The summed E-state index contributed by atoms with van der Waals surface area (Å²) >= 11 is 0. The number of nitrogens with zero attached hydrogens (tertiary/aromatic N) is 1. The van der Waals surface area contributed by atoms with Crippen LogP contribution in [0.2, 0.25) is 0 Å². The smallest absolute Gasteiger partial charge is 0.243 e. The molecule has 0 fully saturated rings. The van der Waals surface area contributed by atoms with Gasteiger partial charge in [0.05, 0.1) is 12.3 Å².